The Hall–Kier alpha value is -1.75. The number of hydrogen-bond donors (Lipinski definition) is 1. The molecule has 0 fully saturated rings. The summed E-state index contributed by atoms with van der Waals surface area (Å²) in [7, 11) is 4.01. The molecule has 2 rings (SSSR count). The Bertz CT molecular complexity index is 528. The van der Waals surface area contributed by atoms with Crippen LogP contribution in [-0.2, 0) is 20.0 Å². The highest BCUT2D eigenvalue weighted by Gasteiger charge is 2.18. The molecule has 5 heteroatoms. The van der Waals surface area contributed by atoms with Gasteiger partial charge in [-0.05, 0) is 32.4 Å². The first-order valence-corrected chi connectivity index (χ1v) is 6.50. The molecular weight excluding hydrogens is 240 g/mol. The number of furan rings is 1. The number of nitrogens with zero attached hydrogens (tertiary/aromatic N) is 3. The number of rotatable bonds is 5. The van der Waals surface area contributed by atoms with Gasteiger partial charge in [-0.1, -0.05) is 0 Å². The van der Waals surface area contributed by atoms with E-state index in [4.69, 9.17) is 10.2 Å². The Balaban J connectivity index is 2.27. The number of aromatic nitrogens is 2. The fourth-order valence-electron chi connectivity index (χ4n) is 2.44. The van der Waals surface area contributed by atoms with Gasteiger partial charge in [-0.15, -0.1) is 0 Å². The molecule has 1 atom stereocenters. The van der Waals surface area contributed by atoms with E-state index in [0.29, 0.717) is 0 Å². The van der Waals surface area contributed by atoms with Gasteiger partial charge < -0.3 is 15.1 Å². The predicted octanol–water partition coefficient (Wildman–Crippen LogP) is 1.85. The van der Waals surface area contributed by atoms with Crippen LogP contribution >= 0.6 is 0 Å². The van der Waals surface area contributed by atoms with Gasteiger partial charge in [-0.2, -0.15) is 5.10 Å². The van der Waals surface area contributed by atoms with E-state index in [1.165, 1.54) is 5.56 Å². The van der Waals surface area contributed by atoms with Crippen molar-refractivity contribution in [1.82, 2.24) is 9.78 Å². The summed E-state index contributed by atoms with van der Waals surface area (Å²) in [5, 5.41) is 4.50. The molecule has 0 aliphatic heterocycles. The summed E-state index contributed by atoms with van der Waals surface area (Å²) in [4.78, 5) is 2.15. The van der Waals surface area contributed by atoms with Crippen molar-refractivity contribution in [1.29, 1.82) is 0 Å². The Morgan fingerprint density at radius 1 is 1.53 bits per heavy atom. The molecule has 0 amide bonds. The first-order valence-electron chi connectivity index (χ1n) is 6.50. The second-order valence-corrected chi connectivity index (χ2v) is 5.13. The van der Waals surface area contributed by atoms with Crippen LogP contribution in [0, 0.1) is 6.92 Å². The van der Waals surface area contributed by atoms with Crippen molar-refractivity contribution in [2.45, 2.75) is 32.9 Å². The molecule has 0 aromatic carbocycles. The quantitative estimate of drug-likeness (QED) is 0.893. The molecule has 19 heavy (non-hydrogen) atoms. The summed E-state index contributed by atoms with van der Waals surface area (Å²) in [6.07, 6.45) is 2.53. The van der Waals surface area contributed by atoms with E-state index >= 15 is 0 Å². The van der Waals surface area contributed by atoms with E-state index in [1.54, 1.807) is 6.26 Å². The van der Waals surface area contributed by atoms with Crippen molar-refractivity contribution in [2.24, 2.45) is 12.8 Å². The number of anilines is 1. The van der Waals surface area contributed by atoms with Crippen LogP contribution in [0.5, 0.6) is 0 Å². The molecule has 0 bridgehead atoms. The van der Waals surface area contributed by atoms with E-state index in [-0.39, 0.29) is 6.04 Å². The maximum Gasteiger partial charge on any atom is 0.130 e. The van der Waals surface area contributed by atoms with Gasteiger partial charge in [0.1, 0.15) is 11.6 Å². The van der Waals surface area contributed by atoms with Crippen LogP contribution < -0.4 is 10.6 Å². The van der Waals surface area contributed by atoms with Gasteiger partial charge in [0.25, 0.3) is 0 Å². The maximum atomic E-state index is 5.93. The highest BCUT2D eigenvalue weighted by Crippen LogP contribution is 2.24. The Kier molecular flexibility index (Phi) is 3.95. The van der Waals surface area contributed by atoms with Gasteiger partial charge in [0.05, 0.1) is 18.5 Å². The molecular formula is C14H22N4O. The first kappa shape index (κ1) is 13.7. The minimum Gasteiger partial charge on any atom is -0.467 e. The van der Waals surface area contributed by atoms with Crippen LogP contribution in [0.2, 0.25) is 0 Å². The summed E-state index contributed by atoms with van der Waals surface area (Å²) >= 11 is 0. The molecule has 0 aliphatic carbocycles. The zero-order chi connectivity index (χ0) is 14.0. The summed E-state index contributed by atoms with van der Waals surface area (Å²) in [5.74, 6) is 2.04. The third kappa shape index (κ3) is 2.98. The molecule has 0 aliphatic rings. The SMILES string of the molecule is Cc1nn(C)c(N(C)Cc2ccco2)c1CC(C)N. The zero-order valence-corrected chi connectivity index (χ0v) is 12.1. The van der Waals surface area contributed by atoms with E-state index < -0.39 is 0 Å². The lowest BCUT2D eigenvalue weighted by molar-refractivity contribution is 0.505. The van der Waals surface area contributed by atoms with Gasteiger partial charge in [0.2, 0.25) is 0 Å². The second-order valence-electron chi connectivity index (χ2n) is 5.13. The summed E-state index contributed by atoms with van der Waals surface area (Å²) in [6, 6.07) is 4.00. The van der Waals surface area contributed by atoms with Gasteiger partial charge in [0, 0.05) is 25.7 Å². The van der Waals surface area contributed by atoms with Crippen LogP contribution in [0.25, 0.3) is 0 Å². The normalized spacial score (nSPS) is 12.7. The minimum absolute atomic E-state index is 0.124. The fourth-order valence-corrected chi connectivity index (χ4v) is 2.44. The third-order valence-corrected chi connectivity index (χ3v) is 3.17. The molecule has 0 saturated heterocycles. The second kappa shape index (κ2) is 5.48. The van der Waals surface area contributed by atoms with Crippen molar-refractivity contribution in [3.63, 3.8) is 0 Å². The van der Waals surface area contributed by atoms with Crippen molar-refractivity contribution in [3.05, 3.63) is 35.4 Å². The zero-order valence-electron chi connectivity index (χ0n) is 12.1. The molecule has 1 unspecified atom stereocenters. The Morgan fingerprint density at radius 2 is 2.26 bits per heavy atom. The van der Waals surface area contributed by atoms with Crippen molar-refractivity contribution >= 4 is 5.82 Å². The molecule has 2 aromatic rings. The van der Waals surface area contributed by atoms with E-state index in [1.807, 2.05) is 44.8 Å². The molecule has 0 radical (unpaired) electrons. The van der Waals surface area contributed by atoms with Gasteiger partial charge in [-0.3, -0.25) is 4.68 Å². The average Bonchev–Trinajstić information content (AvgIpc) is 2.88. The lowest BCUT2D eigenvalue weighted by Crippen LogP contribution is -2.23. The lowest BCUT2D eigenvalue weighted by Gasteiger charge is -2.20. The molecule has 104 valence electrons. The highest BCUT2D eigenvalue weighted by molar-refractivity contribution is 5.50. The molecule has 2 heterocycles. The topological polar surface area (TPSA) is 60.2 Å². The smallest absolute Gasteiger partial charge is 0.130 e. The van der Waals surface area contributed by atoms with E-state index in [9.17, 15) is 0 Å². The minimum atomic E-state index is 0.124. The van der Waals surface area contributed by atoms with Gasteiger partial charge >= 0.3 is 0 Å². The van der Waals surface area contributed by atoms with E-state index in [2.05, 4.69) is 10.00 Å². The summed E-state index contributed by atoms with van der Waals surface area (Å²) < 4.78 is 7.31. The first-order chi connectivity index (χ1) is 8.99. The standard InChI is InChI=1S/C14H22N4O/c1-10(15)8-13-11(2)16-18(4)14(13)17(3)9-12-6-5-7-19-12/h5-7,10H,8-9,15H2,1-4H3. The fraction of sp³-hybridized carbons (Fsp3) is 0.500. The van der Waals surface area contributed by atoms with Crippen LogP contribution in [0.3, 0.4) is 0 Å². The number of hydrogen-bond acceptors (Lipinski definition) is 4. The van der Waals surface area contributed by atoms with Gasteiger partial charge in [0.15, 0.2) is 0 Å². The third-order valence-electron chi connectivity index (χ3n) is 3.17. The lowest BCUT2D eigenvalue weighted by atomic mass is 10.1. The largest absolute Gasteiger partial charge is 0.467 e. The average molecular weight is 262 g/mol. The number of nitrogens with two attached hydrogens (primary N) is 1. The van der Waals surface area contributed by atoms with Crippen LogP contribution in [0.15, 0.2) is 22.8 Å². The van der Waals surface area contributed by atoms with Crippen LogP contribution in [0.4, 0.5) is 5.82 Å². The van der Waals surface area contributed by atoms with Crippen molar-refractivity contribution < 1.29 is 4.42 Å². The monoisotopic (exact) mass is 262 g/mol. The number of aryl methyl sites for hydroxylation is 2. The van der Waals surface area contributed by atoms with Crippen LogP contribution in [0.1, 0.15) is 23.9 Å². The molecule has 2 aromatic heterocycles. The highest BCUT2D eigenvalue weighted by atomic mass is 16.3. The van der Waals surface area contributed by atoms with Crippen molar-refractivity contribution in [2.75, 3.05) is 11.9 Å². The van der Waals surface area contributed by atoms with E-state index in [0.717, 1.165) is 30.2 Å². The molecule has 0 saturated carbocycles. The molecule has 0 spiro atoms. The predicted molar refractivity (Wildman–Crippen MR) is 76.1 cm³/mol. The summed E-state index contributed by atoms with van der Waals surface area (Å²) in [5.41, 5.74) is 8.19. The van der Waals surface area contributed by atoms with Crippen LogP contribution in [-0.4, -0.2) is 22.9 Å². The Morgan fingerprint density at radius 3 is 2.84 bits per heavy atom. The summed E-state index contributed by atoms with van der Waals surface area (Å²) in [6.45, 7) is 4.77. The molecule has 5 nitrogen and oxygen atoms in total. The molecule has 2 N–H and O–H groups in total. The maximum absolute atomic E-state index is 5.93. The van der Waals surface area contributed by atoms with Gasteiger partial charge in [-0.25, -0.2) is 0 Å². The Labute approximate surface area is 114 Å². The van der Waals surface area contributed by atoms with Crippen molar-refractivity contribution in [3.8, 4) is 0 Å².